The highest BCUT2D eigenvalue weighted by molar-refractivity contribution is 6.30. The molecule has 0 spiro atoms. The van der Waals surface area contributed by atoms with Gasteiger partial charge in [0.2, 0.25) is 5.91 Å². The highest BCUT2D eigenvalue weighted by Crippen LogP contribution is 2.21. The van der Waals surface area contributed by atoms with E-state index in [9.17, 15) is 4.79 Å². The lowest BCUT2D eigenvalue weighted by Crippen LogP contribution is -3.00. The number of aromatic nitrogens is 4. The molecular formula is C24H32Cl2N7O-. The lowest BCUT2D eigenvalue weighted by atomic mass is 10.1. The van der Waals surface area contributed by atoms with Crippen molar-refractivity contribution in [3.63, 3.8) is 0 Å². The molecule has 34 heavy (non-hydrogen) atoms. The van der Waals surface area contributed by atoms with Gasteiger partial charge in [0.25, 0.3) is 5.78 Å². The smallest absolute Gasteiger partial charge is 0.252 e. The number of piperazine rings is 1. The van der Waals surface area contributed by atoms with Gasteiger partial charge in [-0.25, -0.2) is 9.50 Å². The molecule has 10 heteroatoms. The van der Waals surface area contributed by atoms with Crippen LogP contribution in [0.25, 0.3) is 5.78 Å². The van der Waals surface area contributed by atoms with E-state index in [1.807, 2.05) is 39.0 Å². The molecule has 1 aliphatic rings. The topological polar surface area (TPSA) is 78.7 Å². The van der Waals surface area contributed by atoms with Crippen molar-refractivity contribution < 1.29 is 17.2 Å². The number of hydrogen-bond acceptors (Lipinski definition) is 6. The first kappa shape index (κ1) is 26.2. The summed E-state index contributed by atoms with van der Waals surface area (Å²) in [6.45, 7) is 11.6. The number of rotatable bonds is 8. The summed E-state index contributed by atoms with van der Waals surface area (Å²) in [7, 11) is 0. The van der Waals surface area contributed by atoms with E-state index in [2.05, 4.69) is 36.2 Å². The molecule has 0 atom stereocenters. The van der Waals surface area contributed by atoms with Crippen LogP contribution in [0.1, 0.15) is 35.6 Å². The average Bonchev–Trinajstić information content (AvgIpc) is 3.17. The van der Waals surface area contributed by atoms with Gasteiger partial charge in [-0.3, -0.25) is 9.69 Å². The molecule has 1 N–H and O–H groups in total. The summed E-state index contributed by atoms with van der Waals surface area (Å²) in [6.07, 6.45) is 2.05. The maximum Gasteiger partial charge on any atom is 0.252 e. The molecule has 1 aliphatic heterocycles. The quantitative estimate of drug-likeness (QED) is 0.434. The SMILES string of the molecule is Cc1nc2nc(C)c(CCC(=O)NCCCN3CCN(c4cccc(Cl)c4)CC3)c(C)n2n1.[Cl-]. The number of halogens is 2. The fourth-order valence-corrected chi connectivity index (χ4v) is 4.61. The summed E-state index contributed by atoms with van der Waals surface area (Å²) in [5.41, 5.74) is 4.17. The Morgan fingerprint density at radius 3 is 2.62 bits per heavy atom. The van der Waals surface area contributed by atoms with E-state index in [1.165, 1.54) is 5.69 Å². The van der Waals surface area contributed by atoms with E-state index in [-0.39, 0.29) is 18.3 Å². The summed E-state index contributed by atoms with van der Waals surface area (Å²) >= 11 is 6.12. The Hall–Kier alpha value is -2.42. The molecule has 184 valence electrons. The van der Waals surface area contributed by atoms with E-state index in [4.69, 9.17) is 11.6 Å². The van der Waals surface area contributed by atoms with Gasteiger partial charge >= 0.3 is 0 Å². The van der Waals surface area contributed by atoms with Crippen molar-refractivity contribution in [2.45, 2.75) is 40.0 Å². The average molecular weight is 505 g/mol. The Morgan fingerprint density at radius 1 is 1.12 bits per heavy atom. The van der Waals surface area contributed by atoms with E-state index in [0.29, 0.717) is 31.0 Å². The maximum atomic E-state index is 12.4. The zero-order valence-corrected chi connectivity index (χ0v) is 21.5. The van der Waals surface area contributed by atoms with Gasteiger partial charge < -0.3 is 22.6 Å². The van der Waals surface area contributed by atoms with Crippen LogP contribution in [0, 0.1) is 20.8 Å². The highest BCUT2D eigenvalue weighted by atomic mass is 35.5. The second-order valence-electron chi connectivity index (χ2n) is 8.64. The van der Waals surface area contributed by atoms with Crippen LogP contribution < -0.4 is 22.6 Å². The molecule has 1 saturated heterocycles. The maximum absolute atomic E-state index is 12.4. The number of nitrogens with zero attached hydrogens (tertiary/aromatic N) is 6. The van der Waals surface area contributed by atoms with Crippen LogP contribution in [0.2, 0.25) is 5.02 Å². The molecule has 0 bridgehead atoms. The Bertz CT molecular complexity index is 1130. The van der Waals surface area contributed by atoms with Gasteiger partial charge in [0.15, 0.2) is 0 Å². The number of carbonyl (C=O) groups is 1. The van der Waals surface area contributed by atoms with Crippen LogP contribution in [0.4, 0.5) is 5.69 Å². The predicted octanol–water partition coefficient (Wildman–Crippen LogP) is -0.0319. The lowest BCUT2D eigenvalue weighted by molar-refractivity contribution is -0.121. The van der Waals surface area contributed by atoms with Crippen LogP contribution in [-0.2, 0) is 11.2 Å². The molecule has 0 unspecified atom stereocenters. The van der Waals surface area contributed by atoms with Crippen molar-refractivity contribution in [1.82, 2.24) is 29.8 Å². The van der Waals surface area contributed by atoms with E-state index >= 15 is 0 Å². The number of nitrogens with one attached hydrogen (secondary N) is 1. The van der Waals surface area contributed by atoms with Gasteiger partial charge in [0.1, 0.15) is 5.82 Å². The lowest BCUT2D eigenvalue weighted by Gasteiger charge is -2.36. The summed E-state index contributed by atoms with van der Waals surface area (Å²) in [5.74, 6) is 1.39. The van der Waals surface area contributed by atoms with Crippen molar-refractivity contribution in [2.75, 3.05) is 44.2 Å². The van der Waals surface area contributed by atoms with Gasteiger partial charge in [0, 0.05) is 61.2 Å². The van der Waals surface area contributed by atoms with Crippen molar-refractivity contribution in [2.24, 2.45) is 0 Å². The Balaban J connectivity index is 0.00000324. The monoisotopic (exact) mass is 504 g/mol. The fraction of sp³-hybridized carbons (Fsp3) is 0.500. The van der Waals surface area contributed by atoms with Crippen molar-refractivity contribution in [3.8, 4) is 0 Å². The largest absolute Gasteiger partial charge is 1.00 e. The Morgan fingerprint density at radius 2 is 1.88 bits per heavy atom. The van der Waals surface area contributed by atoms with Crippen LogP contribution in [0.3, 0.4) is 0 Å². The number of fused-ring (bicyclic) bond motifs is 1. The molecule has 1 amide bonds. The van der Waals surface area contributed by atoms with Crippen molar-refractivity contribution in [1.29, 1.82) is 0 Å². The van der Waals surface area contributed by atoms with Gasteiger partial charge in [-0.1, -0.05) is 17.7 Å². The summed E-state index contributed by atoms with van der Waals surface area (Å²) in [6, 6.07) is 8.04. The van der Waals surface area contributed by atoms with E-state index < -0.39 is 0 Å². The molecule has 0 aliphatic carbocycles. The molecule has 3 heterocycles. The molecule has 0 radical (unpaired) electrons. The van der Waals surface area contributed by atoms with Gasteiger partial charge in [-0.2, -0.15) is 10.1 Å². The Kier molecular flexibility index (Phi) is 9.10. The van der Waals surface area contributed by atoms with Crippen LogP contribution in [-0.4, -0.2) is 69.7 Å². The zero-order valence-electron chi connectivity index (χ0n) is 20.0. The first-order valence-corrected chi connectivity index (χ1v) is 12.0. The van der Waals surface area contributed by atoms with E-state index in [1.54, 1.807) is 4.52 Å². The number of anilines is 1. The first-order valence-electron chi connectivity index (χ1n) is 11.6. The van der Waals surface area contributed by atoms with E-state index in [0.717, 1.165) is 61.1 Å². The molecule has 3 aromatic rings. The molecule has 1 aromatic carbocycles. The summed E-state index contributed by atoms with van der Waals surface area (Å²) < 4.78 is 1.77. The van der Waals surface area contributed by atoms with Crippen molar-refractivity contribution in [3.05, 3.63) is 52.1 Å². The highest BCUT2D eigenvalue weighted by Gasteiger charge is 2.17. The Labute approximate surface area is 212 Å². The zero-order chi connectivity index (χ0) is 23.4. The van der Waals surface area contributed by atoms with Gasteiger partial charge in [-0.15, -0.1) is 0 Å². The van der Waals surface area contributed by atoms with Crippen LogP contribution in [0.15, 0.2) is 24.3 Å². The second-order valence-corrected chi connectivity index (χ2v) is 9.08. The number of amides is 1. The molecule has 8 nitrogen and oxygen atoms in total. The normalized spacial score (nSPS) is 14.3. The molecule has 1 fully saturated rings. The van der Waals surface area contributed by atoms with Crippen LogP contribution in [0.5, 0.6) is 0 Å². The summed E-state index contributed by atoms with van der Waals surface area (Å²) in [4.78, 5) is 26.1. The number of carbonyl (C=O) groups excluding carboxylic acids is 1. The third-order valence-corrected chi connectivity index (χ3v) is 6.51. The number of benzene rings is 1. The minimum absolute atomic E-state index is 0. The standard InChI is InChI=1S/C24H32ClN7O.ClH/c1-17-22(18(2)32-24(27-17)28-19(3)29-32)8-9-23(33)26-10-5-11-30-12-14-31(15-13-30)21-7-4-6-20(25)16-21;/h4,6-7,16H,5,8-15H2,1-3H3,(H,26,33);1H/p-1. The van der Waals surface area contributed by atoms with Crippen LogP contribution >= 0.6 is 11.6 Å². The number of aryl methyl sites for hydroxylation is 3. The molecule has 0 saturated carbocycles. The van der Waals surface area contributed by atoms with Gasteiger partial charge in [0.05, 0.1) is 0 Å². The third kappa shape index (κ3) is 6.37. The summed E-state index contributed by atoms with van der Waals surface area (Å²) in [5, 5.41) is 8.25. The first-order chi connectivity index (χ1) is 15.9. The van der Waals surface area contributed by atoms with Crippen molar-refractivity contribution >= 4 is 29.0 Å². The fourth-order valence-electron chi connectivity index (χ4n) is 4.43. The third-order valence-electron chi connectivity index (χ3n) is 6.28. The predicted molar refractivity (Wildman–Crippen MR) is 131 cm³/mol. The number of hydrogen-bond donors (Lipinski definition) is 1. The minimum atomic E-state index is 0. The molecular weight excluding hydrogens is 473 g/mol. The minimum Gasteiger partial charge on any atom is -1.00 e. The van der Waals surface area contributed by atoms with Gasteiger partial charge in [-0.05, 0) is 63.9 Å². The molecule has 2 aromatic heterocycles. The second kappa shape index (κ2) is 11.8. The molecule has 4 rings (SSSR count).